The van der Waals surface area contributed by atoms with Gasteiger partial charge in [-0.1, -0.05) is 26.0 Å². The third kappa shape index (κ3) is 1.96. The van der Waals surface area contributed by atoms with Crippen LogP contribution in [0.1, 0.15) is 58.8 Å². The van der Waals surface area contributed by atoms with Gasteiger partial charge >= 0.3 is 0 Å². The van der Waals surface area contributed by atoms with E-state index in [1.807, 2.05) is 6.08 Å². The molecule has 0 saturated heterocycles. The molecule has 6 atom stereocenters. The normalized spacial score (nSPS) is 47.2. The van der Waals surface area contributed by atoms with E-state index in [1.165, 1.54) is 5.57 Å². The van der Waals surface area contributed by atoms with E-state index in [0.29, 0.717) is 35.9 Å². The van der Waals surface area contributed by atoms with Gasteiger partial charge in [0.1, 0.15) is 5.78 Å². The Morgan fingerprint density at radius 3 is 2.75 bits per heavy atom. The van der Waals surface area contributed by atoms with Crippen LogP contribution in [0.5, 0.6) is 0 Å². The summed E-state index contributed by atoms with van der Waals surface area (Å²) < 4.78 is 0. The molecule has 0 N–H and O–H groups in total. The fraction of sp³-hybridized carbons (Fsp3) is 0.682. The maximum absolute atomic E-state index is 12.6. The highest BCUT2D eigenvalue weighted by molar-refractivity contribution is 5.92. The molecule has 2 nitrogen and oxygen atoms in total. The van der Waals surface area contributed by atoms with E-state index in [4.69, 9.17) is 0 Å². The number of ketones is 2. The molecule has 0 aromatic rings. The molecule has 0 spiro atoms. The van der Waals surface area contributed by atoms with E-state index < -0.39 is 0 Å². The Balaban J connectivity index is 1.82. The van der Waals surface area contributed by atoms with Gasteiger partial charge < -0.3 is 0 Å². The highest BCUT2D eigenvalue weighted by Crippen LogP contribution is 2.66. The van der Waals surface area contributed by atoms with Gasteiger partial charge in [0.05, 0.1) is 0 Å². The summed E-state index contributed by atoms with van der Waals surface area (Å²) in [6.07, 6.45) is 10.6. The van der Waals surface area contributed by atoms with Crippen molar-refractivity contribution in [2.45, 2.75) is 58.8 Å². The lowest BCUT2D eigenvalue weighted by Gasteiger charge is -2.59. The van der Waals surface area contributed by atoms with Gasteiger partial charge in [0.25, 0.3) is 0 Å². The first-order valence-electron chi connectivity index (χ1n) is 9.56. The molecule has 2 heteroatoms. The van der Waals surface area contributed by atoms with Gasteiger partial charge in [0.15, 0.2) is 5.78 Å². The monoisotopic (exact) mass is 324 g/mol. The van der Waals surface area contributed by atoms with Gasteiger partial charge in [-0.3, -0.25) is 9.59 Å². The zero-order valence-electron chi connectivity index (χ0n) is 14.9. The van der Waals surface area contributed by atoms with Crippen LogP contribution in [0, 0.1) is 34.5 Å². The number of fused-ring (bicyclic) bond motifs is 5. The van der Waals surface area contributed by atoms with Crippen molar-refractivity contribution in [3.05, 3.63) is 30.0 Å². The smallest absolute Gasteiger partial charge is 0.155 e. The van der Waals surface area contributed by atoms with Crippen LogP contribution in [-0.4, -0.2) is 11.6 Å². The lowest BCUT2D eigenvalue weighted by atomic mass is 9.45. The third-order valence-corrected chi connectivity index (χ3v) is 7.98. The Hall–Kier alpha value is -1.40. The average molecular weight is 324 g/mol. The number of Topliss-reactive ketones (excluding diaryl/α,β-unsaturated/α-hetero) is 1. The predicted octanol–water partition coefficient (Wildman–Crippen LogP) is 4.65. The topological polar surface area (TPSA) is 34.1 Å². The molecule has 0 bridgehead atoms. The zero-order chi connectivity index (χ0) is 17.1. The van der Waals surface area contributed by atoms with Crippen molar-refractivity contribution in [2.75, 3.05) is 0 Å². The molecular formula is C22H28O2. The molecule has 0 heterocycles. The van der Waals surface area contributed by atoms with Crippen molar-refractivity contribution in [3.8, 4) is 0 Å². The number of carbonyl (C=O) groups excluding carboxylic acids is 2. The van der Waals surface area contributed by atoms with Crippen LogP contribution in [0.25, 0.3) is 0 Å². The van der Waals surface area contributed by atoms with Gasteiger partial charge in [-0.05, 0) is 67.9 Å². The molecule has 4 aliphatic carbocycles. The van der Waals surface area contributed by atoms with Gasteiger partial charge in [0, 0.05) is 23.7 Å². The van der Waals surface area contributed by atoms with Crippen molar-refractivity contribution in [3.63, 3.8) is 0 Å². The number of hydrogen-bond acceptors (Lipinski definition) is 2. The van der Waals surface area contributed by atoms with Gasteiger partial charge in [0.2, 0.25) is 0 Å². The summed E-state index contributed by atoms with van der Waals surface area (Å²) in [6, 6.07) is 0. The Kier molecular flexibility index (Phi) is 3.55. The summed E-state index contributed by atoms with van der Waals surface area (Å²) in [6.45, 7) is 8.43. The van der Waals surface area contributed by atoms with Crippen LogP contribution < -0.4 is 0 Å². The molecule has 4 rings (SSSR count). The lowest BCUT2D eigenvalue weighted by molar-refractivity contribution is -0.133. The Morgan fingerprint density at radius 1 is 1.21 bits per heavy atom. The maximum atomic E-state index is 12.6. The minimum absolute atomic E-state index is 0.0280. The summed E-state index contributed by atoms with van der Waals surface area (Å²) in [5.74, 6) is 2.97. The van der Waals surface area contributed by atoms with E-state index in [2.05, 4.69) is 32.2 Å². The van der Waals surface area contributed by atoms with Gasteiger partial charge in [-0.2, -0.15) is 0 Å². The molecular weight excluding hydrogens is 296 g/mol. The predicted molar refractivity (Wildman–Crippen MR) is 94.3 cm³/mol. The highest BCUT2D eigenvalue weighted by Gasteiger charge is 2.61. The van der Waals surface area contributed by atoms with E-state index in [9.17, 15) is 9.59 Å². The standard InChI is InChI=1S/C22H28O2/c1-4-9-22-11-7-16(23)13-15(22)12-14(2)20-17-5-6-19(24)21(17,3)10-8-18(20)22/h9,13-14,17-18,20H,1,5-8,10-12H2,2-3H3/t14-,17+,18+,20+,21+,22+/m1/s1. The van der Waals surface area contributed by atoms with Gasteiger partial charge in [-0.15, -0.1) is 5.73 Å². The second-order valence-corrected chi connectivity index (χ2v) is 8.91. The van der Waals surface area contributed by atoms with Crippen molar-refractivity contribution in [2.24, 2.45) is 34.5 Å². The molecule has 3 fully saturated rings. The van der Waals surface area contributed by atoms with Crippen LogP contribution in [0.2, 0.25) is 0 Å². The zero-order valence-corrected chi connectivity index (χ0v) is 14.9. The lowest BCUT2D eigenvalue weighted by Crippen LogP contribution is -2.53. The second kappa shape index (κ2) is 5.30. The Labute approximate surface area is 145 Å². The molecule has 24 heavy (non-hydrogen) atoms. The quantitative estimate of drug-likeness (QED) is 0.658. The molecule has 0 radical (unpaired) electrons. The Morgan fingerprint density at radius 2 is 2.00 bits per heavy atom. The van der Waals surface area contributed by atoms with Crippen molar-refractivity contribution in [1.82, 2.24) is 0 Å². The first kappa shape index (κ1) is 16.1. The summed E-state index contributed by atoms with van der Waals surface area (Å²) in [7, 11) is 0. The van der Waals surface area contributed by atoms with Crippen molar-refractivity contribution in [1.29, 1.82) is 0 Å². The van der Waals surface area contributed by atoms with Crippen molar-refractivity contribution >= 4 is 11.6 Å². The van der Waals surface area contributed by atoms with Crippen LogP contribution in [0.15, 0.2) is 30.0 Å². The summed E-state index contributed by atoms with van der Waals surface area (Å²) >= 11 is 0. The Bertz CT molecular complexity index is 680. The fourth-order valence-corrected chi connectivity index (χ4v) is 6.86. The molecule has 0 amide bonds. The van der Waals surface area contributed by atoms with Crippen LogP contribution in [0.4, 0.5) is 0 Å². The van der Waals surface area contributed by atoms with Crippen LogP contribution in [-0.2, 0) is 9.59 Å². The molecule has 3 saturated carbocycles. The van der Waals surface area contributed by atoms with Crippen molar-refractivity contribution < 1.29 is 9.59 Å². The summed E-state index contributed by atoms with van der Waals surface area (Å²) in [5.41, 5.74) is 4.27. The minimum atomic E-state index is -0.0970. The largest absolute Gasteiger partial charge is 0.299 e. The number of allylic oxidation sites excluding steroid dienone is 2. The molecule has 0 aromatic carbocycles. The average Bonchev–Trinajstić information content (AvgIpc) is 2.84. The highest BCUT2D eigenvalue weighted by atomic mass is 16.1. The molecule has 0 aromatic heterocycles. The molecule has 0 unspecified atom stereocenters. The third-order valence-electron chi connectivity index (χ3n) is 7.98. The van der Waals surface area contributed by atoms with E-state index >= 15 is 0 Å². The first-order valence-corrected chi connectivity index (χ1v) is 9.56. The van der Waals surface area contributed by atoms with E-state index in [1.54, 1.807) is 0 Å². The molecule has 0 aliphatic heterocycles. The maximum Gasteiger partial charge on any atom is 0.155 e. The molecule has 128 valence electrons. The molecule has 4 aliphatic rings. The number of carbonyl (C=O) groups is 2. The number of rotatable bonds is 1. The SMILES string of the molecule is C=C=C[C@]12CCC(=O)C=C1C[C@@H](C)[C@@H]1[C@@H]2CC[C@]2(C)C(=O)CC[C@@H]12. The van der Waals surface area contributed by atoms with Crippen LogP contribution in [0.3, 0.4) is 0 Å². The van der Waals surface area contributed by atoms with E-state index in [0.717, 1.165) is 38.5 Å². The summed E-state index contributed by atoms with van der Waals surface area (Å²) in [4.78, 5) is 24.6. The van der Waals surface area contributed by atoms with Crippen LogP contribution >= 0.6 is 0 Å². The fourth-order valence-electron chi connectivity index (χ4n) is 6.86. The summed E-state index contributed by atoms with van der Waals surface area (Å²) in [5, 5.41) is 0. The van der Waals surface area contributed by atoms with Gasteiger partial charge in [-0.25, -0.2) is 0 Å². The second-order valence-electron chi connectivity index (χ2n) is 8.91. The first-order chi connectivity index (χ1) is 11.4. The minimum Gasteiger partial charge on any atom is -0.299 e. The van der Waals surface area contributed by atoms with E-state index in [-0.39, 0.29) is 16.6 Å². The number of hydrogen-bond donors (Lipinski definition) is 0.